The Hall–Kier alpha value is -0.0800. The second-order valence-electron chi connectivity index (χ2n) is 1.68. The lowest BCUT2D eigenvalue weighted by molar-refractivity contribution is 0.703. The molecule has 0 bridgehead atoms. The molecule has 0 unspecified atom stereocenters. The zero-order valence-corrected chi connectivity index (χ0v) is 3.78. The molecule has 0 saturated heterocycles. The molecule has 1 fully saturated rings. The maximum atomic E-state index is 5.16. The molecular formula is C4H10N2. The molecule has 0 atom stereocenters. The Balaban J connectivity index is 1.88. The van der Waals surface area contributed by atoms with Gasteiger partial charge in [0.15, 0.2) is 0 Å². The fraction of sp³-hybridized carbons (Fsp3) is 1.00. The summed E-state index contributed by atoms with van der Waals surface area (Å²) in [4.78, 5) is 0. The summed E-state index contributed by atoms with van der Waals surface area (Å²) in [7, 11) is 0. The van der Waals surface area contributed by atoms with E-state index in [0.29, 0.717) is 6.67 Å². The number of hydrogen-bond acceptors (Lipinski definition) is 2. The maximum Gasteiger partial charge on any atom is 0.0430 e. The molecule has 0 aromatic carbocycles. The van der Waals surface area contributed by atoms with Crippen LogP contribution in [0.15, 0.2) is 0 Å². The van der Waals surface area contributed by atoms with Gasteiger partial charge in [-0.1, -0.05) is 0 Å². The van der Waals surface area contributed by atoms with Gasteiger partial charge in [0, 0.05) is 12.7 Å². The van der Waals surface area contributed by atoms with Gasteiger partial charge < -0.3 is 11.1 Å². The van der Waals surface area contributed by atoms with Crippen LogP contribution in [0.5, 0.6) is 0 Å². The highest BCUT2D eigenvalue weighted by Gasteiger charge is 2.18. The molecule has 2 nitrogen and oxygen atoms in total. The van der Waals surface area contributed by atoms with E-state index in [9.17, 15) is 0 Å². The lowest BCUT2D eigenvalue weighted by Gasteiger charge is -1.90. The largest absolute Gasteiger partial charge is 0.318 e. The fourth-order valence-electron chi connectivity index (χ4n) is 0.454. The summed E-state index contributed by atoms with van der Waals surface area (Å²) in [5, 5.41) is 3.10. The molecule has 36 valence electrons. The van der Waals surface area contributed by atoms with Crippen LogP contribution in [-0.4, -0.2) is 12.7 Å². The molecule has 0 heterocycles. The van der Waals surface area contributed by atoms with Crippen molar-refractivity contribution in [2.45, 2.75) is 18.9 Å². The first-order valence-corrected chi connectivity index (χ1v) is 2.37. The van der Waals surface area contributed by atoms with Crippen molar-refractivity contribution in [2.24, 2.45) is 5.73 Å². The minimum atomic E-state index is 0.644. The normalized spacial score (nSPS) is 21.5. The van der Waals surface area contributed by atoms with Gasteiger partial charge in [-0.2, -0.15) is 0 Å². The molecule has 0 amide bonds. The van der Waals surface area contributed by atoms with Crippen LogP contribution in [0, 0.1) is 0 Å². The Bertz CT molecular complexity index is 40.8. The van der Waals surface area contributed by atoms with Crippen LogP contribution in [0.25, 0.3) is 0 Å². The Labute approximate surface area is 37.7 Å². The Kier molecular flexibility index (Phi) is 1.08. The van der Waals surface area contributed by atoms with E-state index in [0.717, 1.165) is 6.04 Å². The fourth-order valence-corrected chi connectivity index (χ4v) is 0.454. The van der Waals surface area contributed by atoms with Gasteiger partial charge in [-0.15, -0.1) is 0 Å². The van der Waals surface area contributed by atoms with E-state index in [1.54, 1.807) is 0 Å². The highest BCUT2D eigenvalue weighted by Crippen LogP contribution is 2.17. The van der Waals surface area contributed by atoms with Crippen LogP contribution in [0.3, 0.4) is 0 Å². The summed E-state index contributed by atoms with van der Waals surface area (Å²) in [5.41, 5.74) is 5.16. The Morgan fingerprint density at radius 1 is 1.67 bits per heavy atom. The molecular weight excluding hydrogens is 76.1 g/mol. The van der Waals surface area contributed by atoms with Crippen LogP contribution in [0.2, 0.25) is 0 Å². The summed E-state index contributed by atoms with van der Waals surface area (Å²) in [6.07, 6.45) is 2.66. The Morgan fingerprint density at radius 2 is 2.33 bits per heavy atom. The average Bonchev–Trinajstić information content (AvgIpc) is 2.21. The smallest absolute Gasteiger partial charge is 0.0430 e. The molecule has 1 rings (SSSR count). The van der Waals surface area contributed by atoms with Gasteiger partial charge in [0.2, 0.25) is 0 Å². The lowest BCUT2D eigenvalue weighted by Crippen LogP contribution is -2.23. The average molecular weight is 86.1 g/mol. The topological polar surface area (TPSA) is 38.0 Å². The third-order valence-electron chi connectivity index (χ3n) is 0.984. The molecule has 0 radical (unpaired) electrons. The quantitative estimate of drug-likeness (QED) is 0.451. The van der Waals surface area contributed by atoms with E-state index in [1.807, 2.05) is 0 Å². The third-order valence-corrected chi connectivity index (χ3v) is 0.984. The minimum absolute atomic E-state index is 0.644. The predicted molar refractivity (Wildman–Crippen MR) is 25.2 cm³/mol. The SMILES string of the molecule is NCNC1CC1. The van der Waals surface area contributed by atoms with Gasteiger partial charge in [0.25, 0.3) is 0 Å². The van der Waals surface area contributed by atoms with Gasteiger partial charge >= 0.3 is 0 Å². The van der Waals surface area contributed by atoms with Crippen molar-refractivity contribution in [3.8, 4) is 0 Å². The number of hydrogen-bond donors (Lipinski definition) is 2. The second kappa shape index (κ2) is 1.58. The van der Waals surface area contributed by atoms with Gasteiger partial charge in [-0.25, -0.2) is 0 Å². The first-order chi connectivity index (χ1) is 2.93. The number of nitrogens with two attached hydrogens (primary N) is 1. The third kappa shape index (κ3) is 0.954. The van der Waals surface area contributed by atoms with Crippen molar-refractivity contribution in [2.75, 3.05) is 6.67 Å². The molecule has 0 aromatic rings. The van der Waals surface area contributed by atoms with E-state index < -0.39 is 0 Å². The molecule has 3 N–H and O–H groups in total. The number of rotatable bonds is 2. The molecule has 0 aliphatic heterocycles. The van der Waals surface area contributed by atoms with E-state index in [1.165, 1.54) is 12.8 Å². The van der Waals surface area contributed by atoms with Crippen molar-refractivity contribution < 1.29 is 0 Å². The van der Waals surface area contributed by atoms with Crippen molar-refractivity contribution in [3.05, 3.63) is 0 Å². The van der Waals surface area contributed by atoms with Crippen molar-refractivity contribution in [1.82, 2.24) is 5.32 Å². The van der Waals surface area contributed by atoms with Crippen LogP contribution in [-0.2, 0) is 0 Å². The van der Waals surface area contributed by atoms with Gasteiger partial charge in [-0.05, 0) is 12.8 Å². The van der Waals surface area contributed by atoms with Gasteiger partial charge in [-0.3, -0.25) is 0 Å². The van der Waals surface area contributed by atoms with E-state index in [4.69, 9.17) is 5.73 Å². The van der Waals surface area contributed by atoms with Crippen molar-refractivity contribution >= 4 is 0 Å². The minimum Gasteiger partial charge on any atom is -0.318 e. The van der Waals surface area contributed by atoms with Crippen LogP contribution in [0.1, 0.15) is 12.8 Å². The summed E-state index contributed by atoms with van der Waals surface area (Å²) in [5.74, 6) is 0. The van der Waals surface area contributed by atoms with Crippen molar-refractivity contribution in [3.63, 3.8) is 0 Å². The number of nitrogens with one attached hydrogen (secondary N) is 1. The Morgan fingerprint density at radius 3 is 2.50 bits per heavy atom. The summed E-state index contributed by atoms with van der Waals surface area (Å²) in [6, 6.07) is 0.773. The predicted octanol–water partition coefficient (Wildman–Crippen LogP) is -0.345. The lowest BCUT2D eigenvalue weighted by atomic mass is 10.7. The standard InChI is InChI=1S/C4H10N2/c5-3-6-4-1-2-4/h4,6H,1-3,5H2. The first kappa shape index (κ1) is 4.09. The zero-order chi connectivity index (χ0) is 4.41. The summed E-state index contributed by atoms with van der Waals surface area (Å²) in [6.45, 7) is 0.644. The molecule has 1 saturated carbocycles. The molecule has 6 heavy (non-hydrogen) atoms. The zero-order valence-electron chi connectivity index (χ0n) is 3.78. The molecule has 2 heteroatoms. The highest BCUT2D eigenvalue weighted by atomic mass is 15.0. The monoisotopic (exact) mass is 86.1 g/mol. The van der Waals surface area contributed by atoms with E-state index in [2.05, 4.69) is 5.32 Å². The molecule has 1 aliphatic carbocycles. The van der Waals surface area contributed by atoms with Crippen molar-refractivity contribution in [1.29, 1.82) is 0 Å². The summed E-state index contributed by atoms with van der Waals surface area (Å²) < 4.78 is 0. The first-order valence-electron chi connectivity index (χ1n) is 2.37. The molecule has 0 spiro atoms. The second-order valence-corrected chi connectivity index (χ2v) is 1.68. The van der Waals surface area contributed by atoms with E-state index >= 15 is 0 Å². The highest BCUT2D eigenvalue weighted by molar-refractivity contribution is 4.79. The van der Waals surface area contributed by atoms with Crippen LogP contribution < -0.4 is 11.1 Å². The van der Waals surface area contributed by atoms with Crippen LogP contribution in [0.4, 0.5) is 0 Å². The van der Waals surface area contributed by atoms with Gasteiger partial charge in [0.1, 0.15) is 0 Å². The summed E-state index contributed by atoms with van der Waals surface area (Å²) >= 11 is 0. The maximum absolute atomic E-state index is 5.16. The van der Waals surface area contributed by atoms with Crippen LogP contribution >= 0.6 is 0 Å². The van der Waals surface area contributed by atoms with E-state index in [-0.39, 0.29) is 0 Å². The van der Waals surface area contributed by atoms with Gasteiger partial charge in [0.05, 0.1) is 0 Å². The molecule has 1 aliphatic rings. The molecule has 0 aromatic heterocycles.